The lowest BCUT2D eigenvalue weighted by Crippen LogP contribution is -2.25. The summed E-state index contributed by atoms with van der Waals surface area (Å²) in [6.07, 6.45) is 1.49. The standard InChI is InChI=1S/C23H23N3O3/c1-3-26(15-17-7-5-4-6-8-17)21-20(23(28)29)13-19(14-24-21)25-22(27)18-11-9-16(2)10-12-18/h4-14H,3,15H2,1-2H3,(H,25,27)(H,28,29). The molecule has 0 aliphatic heterocycles. The Balaban J connectivity index is 1.85. The fraction of sp³-hybridized carbons (Fsp3) is 0.174. The number of nitrogens with one attached hydrogen (secondary N) is 1. The number of aromatic nitrogens is 1. The molecule has 148 valence electrons. The molecule has 0 aliphatic rings. The molecule has 0 bridgehead atoms. The highest BCUT2D eigenvalue weighted by Crippen LogP contribution is 2.23. The van der Waals surface area contributed by atoms with Gasteiger partial charge < -0.3 is 15.3 Å². The second-order valence-corrected chi connectivity index (χ2v) is 6.72. The van der Waals surface area contributed by atoms with Gasteiger partial charge in [-0.2, -0.15) is 0 Å². The summed E-state index contributed by atoms with van der Waals surface area (Å²) in [7, 11) is 0. The van der Waals surface area contributed by atoms with Crippen molar-refractivity contribution >= 4 is 23.4 Å². The number of benzene rings is 2. The normalized spacial score (nSPS) is 10.4. The average Bonchev–Trinajstić information content (AvgIpc) is 2.73. The zero-order valence-corrected chi connectivity index (χ0v) is 16.4. The van der Waals surface area contributed by atoms with Gasteiger partial charge >= 0.3 is 5.97 Å². The third kappa shape index (κ3) is 4.99. The van der Waals surface area contributed by atoms with E-state index in [-0.39, 0.29) is 11.5 Å². The molecule has 0 radical (unpaired) electrons. The molecule has 29 heavy (non-hydrogen) atoms. The largest absolute Gasteiger partial charge is 0.478 e. The summed E-state index contributed by atoms with van der Waals surface area (Å²) in [6.45, 7) is 5.03. The Morgan fingerprint density at radius 3 is 2.38 bits per heavy atom. The topological polar surface area (TPSA) is 82.5 Å². The molecule has 1 amide bonds. The molecule has 6 heteroatoms. The average molecular weight is 389 g/mol. The van der Waals surface area contributed by atoms with Gasteiger partial charge in [0.05, 0.1) is 11.9 Å². The van der Waals surface area contributed by atoms with Gasteiger partial charge in [0.2, 0.25) is 0 Å². The van der Waals surface area contributed by atoms with Gasteiger partial charge in [-0.1, -0.05) is 48.0 Å². The molecule has 3 aromatic rings. The summed E-state index contributed by atoms with van der Waals surface area (Å²) in [4.78, 5) is 30.5. The predicted molar refractivity (Wildman–Crippen MR) is 113 cm³/mol. The molecule has 0 saturated heterocycles. The predicted octanol–water partition coefficient (Wildman–Crippen LogP) is 4.37. The lowest BCUT2D eigenvalue weighted by atomic mass is 10.1. The van der Waals surface area contributed by atoms with Crippen molar-refractivity contribution in [3.05, 3.63) is 89.1 Å². The zero-order valence-electron chi connectivity index (χ0n) is 16.4. The van der Waals surface area contributed by atoms with E-state index in [9.17, 15) is 14.7 Å². The second-order valence-electron chi connectivity index (χ2n) is 6.72. The maximum Gasteiger partial charge on any atom is 0.339 e. The first-order valence-electron chi connectivity index (χ1n) is 9.38. The summed E-state index contributed by atoms with van der Waals surface area (Å²) in [5.74, 6) is -1.03. The highest BCUT2D eigenvalue weighted by Gasteiger charge is 2.19. The Hall–Kier alpha value is -3.67. The number of anilines is 2. The maximum atomic E-state index is 12.4. The van der Waals surface area contributed by atoms with E-state index >= 15 is 0 Å². The monoisotopic (exact) mass is 389 g/mol. The van der Waals surface area contributed by atoms with E-state index in [2.05, 4.69) is 10.3 Å². The molecule has 0 fully saturated rings. The number of carbonyl (C=O) groups is 2. The van der Waals surface area contributed by atoms with Gasteiger partial charge in [-0.05, 0) is 37.6 Å². The molecular formula is C23H23N3O3. The Labute approximate surface area is 169 Å². The minimum absolute atomic E-state index is 0.0458. The van der Waals surface area contributed by atoms with E-state index in [1.165, 1.54) is 12.3 Å². The first kappa shape index (κ1) is 20.1. The van der Waals surface area contributed by atoms with E-state index in [1.54, 1.807) is 12.1 Å². The van der Waals surface area contributed by atoms with Gasteiger partial charge in [-0.3, -0.25) is 4.79 Å². The fourth-order valence-electron chi connectivity index (χ4n) is 2.98. The minimum atomic E-state index is -1.09. The third-order valence-corrected chi connectivity index (χ3v) is 4.57. The molecule has 0 unspecified atom stereocenters. The molecule has 2 N–H and O–H groups in total. The molecule has 2 aromatic carbocycles. The number of aryl methyl sites for hydroxylation is 1. The van der Waals surface area contributed by atoms with Crippen LogP contribution in [-0.2, 0) is 6.54 Å². The van der Waals surface area contributed by atoms with Gasteiger partial charge in [0.1, 0.15) is 11.4 Å². The number of hydrogen-bond donors (Lipinski definition) is 2. The Bertz CT molecular complexity index is 1000. The van der Waals surface area contributed by atoms with Crippen LogP contribution in [-0.4, -0.2) is 28.5 Å². The smallest absolute Gasteiger partial charge is 0.339 e. The molecule has 1 heterocycles. The van der Waals surface area contributed by atoms with Crippen LogP contribution in [0.1, 0.15) is 38.8 Å². The number of carbonyl (C=O) groups excluding carboxylic acids is 1. The summed E-state index contributed by atoms with van der Waals surface area (Å²) in [5, 5.41) is 12.4. The highest BCUT2D eigenvalue weighted by molar-refractivity contribution is 6.05. The first-order chi connectivity index (χ1) is 14.0. The van der Waals surface area contributed by atoms with Crippen molar-refractivity contribution in [1.29, 1.82) is 0 Å². The first-order valence-corrected chi connectivity index (χ1v) is 9.38. The number of aromatic carboxylic acids is 1. The summed E-state index contributed by atoms with van der Waals surface area (Å²) in [5.41, 5.74) is 3.00. The number of pyridine rings is 1. The number of hydrogen-bond acceptors (Lipinski definition) is 4. The molecule has 0 atom stereocenters. The molecule has 6 nitrogen and oxygen atoms in total. The van der Waals surface area contributed by atoms with Gasteiger partial charge in [0.25, 0.3) is 5.91 Å². The molecule has 1 aromatic heterocycles. The Morgan fingerprint density at radius 1 is 1.07 bits per heavy atom. The van der Waals surface area contributed by atoms with Crippen LogP contribution in [0, 0.1) is 6.92 Å². The number of rotatable bonds is 7. The maximum absolute atomic E-state index is 12.4. The fourth-order valence-corrected chi connectivity index (χ4v) is 2.98. The third-order valence-electron chi connectivity index (χ3n) is 4.57. The van der Waals surface area contributed by atoms with Gasteiger partial charge in [-0.15, -0.1) is 0 Å². The van der Waals surface area contributed by atoms with E-state index in [0.29, 0.717) is 30.2 Å². The number of carboxylic acids is 1. The van der Waals surface area contributed by atoms with E-state index in [4.69, 9.17) is 0 Å². The van der Waals surface area contributed by atoms with Crippen molar-refractivity contribution in [1.82, 2.24) is 4.98 Å². The van der Waals surface area contributed by atoms with Gasteiger partial charge in [0, 0.05) is 18.7 Å². The van der Waals surface area contributed by atoms with Crippen molar-refractivity contribution in [3.8, 4) is 0 Å². The van der Waals surface area contributed by atoms with Crippen LogP contribution in [0.15, 0.2) is 66.9 Å². The van der Waals surface area contributed by atoms with E-state index < -0.39 is 5.97 Å². The van der Waals surface area contributed by atoms with E-state index in [0.717, 1.165) is 11.1 Å². The van der Waals surface area contributed by atoms with Crippen LogP contribution in [0.5, 0.6) is 0 Å². The lowest BCUT2D eigenvalue weighted by molar-refractivity contribution is 0.0696. The molecular weight excluding hydrogens is 366 g/mol. The number of carboxylic acid groups (broad SMARTS) is 1. The van der Waals surface area contributed by atoms with Crippen LogP contribution >= 0.6 is 0 Å². The van der Waals surface area contributed by atoms with Crippen LogP contribution < -0.4 is 10.2 Å². The summed E-state index contributed by atoms with van der Waals surface area (Å²) < 4.78 is 0. The van der Waals surface area contributed by atoms with Gasteiger partial charge in [0.15, 0.2) is 0 Å². The van der Waals surface area contributed by atoms with Crippen molar-refractivity contribution < 1.29 is 14.7 Å². The highest BCUT2D eigenvalue weighted by atomic mass is 16.4. The summed E-state index contributed by atoms with van der Waals surface area (Å²) in [6, 6.07) is 18.4. The quantitative estimate of drug-likeness (QED) is 0.627. The van der Waals surface area contributed by atoms with Crippen LogP contribution in [0.4, 0.5) is 11.5 Å². The van der Waals surface area contributed by atoms with E-state index in [1.807, 2.05) is 61.2 Å². The molecule has 0 spiro atoms. The van der Waals surface area contributed by atoms with Crippen LogP contribution in [0.2, 0.25) is 0 Å². The SMILES string of the molecule is CCN(Cc1ccccc1)c1ncc(NC(=O)c2ccc(C)cc2)cc1C(=O)O. The Kier molecular flexibility index (Phi) is 6.24. The van der Waals surface area contributed by atoms with Crippen molar-refractivity contribution in [2.24, 2.45) is 0 Å². The van der Waals surface area contributed by atoms with Crippen molar-refractivity contribution in [3.63, 3.8) is 0 Å². The molecule has 0 saturated carbocycles. The van der Waals surface area contributed by atoms with Crippen molar-refractivity contribution in [2.45, 2.75) is 20.4 Å². The zero-order chi connectivity index (χ0) is 20.8. The minimum Gasteiger partial charge on any atom is -0.478 e. The van der Waals surface area contributed by atoms with Gasteiger partial charge in [-0.25, -0.2) is 9.78 Å². The number of amides is 1. The molecule has 0 aliphatic carbocycles. The van der Waals surface area contributed by atoms with Crippen LogP contribution in [0.25, 0.3) is 0 Å². The second kappa shape index (κ2) is 9.01. The Morgan fingerprint density at radius 2 is 1.76 bits per heavy atom. The van der Waals surface area contributed by atoms with Crippen LogP contribution in [0.3, 0.4) is 0 Å². The molecule has 3 rings (SSSR count). The summed E-state index contributed by atoms with van der Waals surface area (Å²) >= 11 is 0. The lowest BCUT2D eigenvalue weighted by Gasteiger charge is -2.24. The van der Waals surface area contributed by atoms with Crippen molar-refractivity contribution in [2.75, 3.05) is 16.8 Å². The number of nitrogens with zero attached hydrogens (tertiary/aromatic N) is 2.